The predicted molar refractivity (Wildman–Crippen MR) is 104 cm³/mol. The summed E-state index contributed by atoms with van der Waals surface area (Å²) < 4.78 is 5.35. The molecule has 0 radical (unpaired) electrons. The fraction of sp³-hybridized carbons (Fsp3) is 0.364. The number of ether oxygens (including phenoxy) is 1. The predicted octanol–water partition coefficient (Wildman–Crippen LogP) is 3.16. The van der Waals surface area contributed by atoms with Gasteiger partial charge in [-0.25, -0.2) is 0 Å². The Hall–Kier alpha value is -2.66. The average Bonchev–Trinajstić information content (AvgIpc) is 2.72. The first-order valence-electron chi connectivity index (χ1n) is 9.38. The minimum Gasteiger partial charge on any atom is -0.447 e. The number of amides is 1. The molecule has 5 heteroatoms. The van der Waals surface area contributed by atoms with Crippen molar-refractivity contribution in [3.63, 3.8) is 0 Å². The first kappa shape index (κ1) is 19.1. The highest BCUT2D eigenvalue weighted by Crippen LogP contribution is 2.30. The first-order chi connectivity index (χ1) is 13.1. The molecule has 3 rings (SSSR count). The van der Waals surface area contributed by atoms with Gasteiger partial charge in [0, 0.05) is 32.1 Å². The number of esters is 1. The largest absolute Gasteiger partial charge is 0.447 e. The van der Waals surface area contributed by atoms with Crippen LogP contribution >= 0.6 is 0 Å². The van der Waals surface area contributed by atoms with Crippen LogP contribution in [0.1, 0.15) is 48.5 Å². The highest BCUT2D eigenvalue weighted by molar-refractivity contribution is 5.84. The molecule has 2 aromatic rings. The van der Waals surface area contributed by atoms with Gasteiger partial charge in [0.25, 0.3) is 5.91 Å². The highest BCUT2D eigenvalue weighted by Gasteiger charge is 2.31. The molecule has 1 unspecified atom stereocenters. The van der Waals surface area contributed by atoms with Crippen LogP contribution in [0.3, 0.4) is 0 Å². The van der Waals surface area contributed by atoms with Crippen LogP contribution in [0.5, 0.6) is 0 Å². The van der Waals surface area contributed by atoms with Gasteiger partial charge in [0.15, 0.2) is 0 Å². The molecule has 1 atom stereocenters. The summed E-state index contributed by atoms with van der Waals surface area (Å²) in [5.74, 6) is -0.180. The van der Waals surface area contributed by atoms with Crippen molar-refractivity contribution in [3.05, 3.63) is 71.3 Å². The Balaban J connectivity index is 1.68. The Labute approximate surface area is 160 Å². The zero-order valence-corrected chi connectivity index (χ0v) is 15.6. The van der Waals surface area contributed by atoms with Gasteiger partial charge in [-0.3, -0.25) is 9.59 Å². The Morgan fingerprint density at radius 3 is 2.44 bits per heavy atom. The second kappa shape index (κ2) is 8.82. The third kappa shape index (κ3) is 4.74. The second-order valence-electron chi connectivity index (χ2n) is 6.95. The smallest absolute Gasteiger partial charge is 0.303 e. The summed E-state index contributed by atoms with van der Waals surface area (Å²) in [7, 11) is 0. The fourth-order valence-electron chi connectivity index (χ4n) is 3.63. The summed E-state index contributed by atoms with van der Waals surface area (Å²) in [6, 6.07) is 17.6. The average molecular weight is 366 g/mol. The van der Waals surface area contributed by atoms with Gasteiger partial charge in [0.1, 0.15) is 0 Å². The summed E-state index contributed by atoms with van der Waals surface area (Å²) in [6.07, 6.45) is 0.906. The molecule has 27 heavy (non-hydrogen) atoms. The number of rotatable bonds is 5. The molecule has 0 bridgehead atoms. The molecular formula is C22H26N2O3. The number of carbonyl (C=O) groups is 2. The number of nitrogens with two attached hydrogens (primary N) is 1. The minimum atomic E-state index is -0.874. The van der Waals surface area contributed by atoms with Crippen molar-refractivity contribution in [3.8, 4) is 0 Å². The van der Waals surface area contributed by atoms with E-state index < -0.39 is 12.1 Å². The molecular weight excluding hydrogens is 340 g/mol. The first-order valence-corrected chi connectivity index (χ1v) is 9.38. The topological polar surface area (TPSA) is 72.6 Å². The highest BCUT2D eigenvalue weighted by atomic mass is 16.5. The van der Waals surface area contributed by atoms with E-state index in [9.17, 15) is 9.59 Å². The van der Waals surface area contributed by atoms with E-state index in [-0.39, 0.29) is 5.91 Å². The molecule has 5 nitrogen and oxygen atoms in total. The van der Waals surface area contributed by atoms with E-state index >= 15 is 0 Å². The molecule has 1 aliphatic rings. The lowest BCUT2D eigenvalue weighted by Gasteiger charge is -2.34. The second-order valence-corrected chi connectivity index (χ2v) is 6.95. The standard InChI is InChI=1S/C22H26N2O3/c1-16(25)27-21(19-7-3-2-4-8-19)22(26)24-12-10-18(11-13-24)20-9-5-6-17(14-20)15-23/h2-9,14,18,21H,10-13,15,23H2,1H3. The lowest BCUT2D eigenvalue weighted by Crippen LogP contribution is -2.41. The Morgan fingerprint density at radius 2 is 1.81 bits per heavy atom. The molecule has 0 saturated carbocycles. The van der Waals surface area contributed by atoms with Crippen LogP contribution in [0.2, 0.25) is 0 Å². The number of hydrogen-bond donors (Lipinski definition) is 1. The molecule has 1 aliphatic heterocycles. The van der Waals surface area contributed by atoms with E-state index in [0.717, 1.165) is 18.4 Å². The summed E-state index contributed by atoms with van der Waals surface area (Å²) >= 11 is 0. The summed E-state index contributed by atoms with van der Waals surface area (Å²) in [5, 5.41) is 0. The summed E-state index contributed by atoms with van der Waals surface area (Å²) in [4.78, 5) is 26.3. The van der Waals surface area contributed by atoms with E-state index in [2.05, 4.69) is 12.1 Å². The molecule has 0 aliphatic carbocycles. The molecule has 1 saturated heterocycles. The lowest BCUT2D eigenvalue weighted by molar-refractivity contribution is -0.159. The van der Waals surface area contributed by atoms with Gasteiger partial charge >= 0.3 is 5.97 Å². The Morgan fingerprint density at radius 1 is 1.11 bits per heavy atom. The van der Waals surface area contributed by atoms with Gasteiger partial charge in [-0.1, -0.05) is 54.6 Å². The molecule has 0 aromatic heterocycles. The van der Waals surface area contributed by atoms with Crippen molar-refractivity contribution in [2.75, 3.05) is 13.1 Å². The van der Waals surface area contributed by atoms with E-state index in [4.69, 9.17) is 10.5 Å². The molecule has 1 amide bonds. The van der Waals surface area contributed by atoms with E-state index in [0.29, 0.717) is 31.1 Å². The molecule has 2 N–H and O–H groups in total. The van der Waals surface area contributed by atoms with Crippen LogP contribution < -0.4 is 5.73 Å². The fourth-order valence-corrected chi connectivity index (χ4v) is 3.63. The Bertz CT molecular complexity index is 783. The number of likely N-dealkylation sites (tertiary alicyclic amines) is 1. The van der Waals surface area contributed by atoms with Crippen LogP contribution in [0.4, 0.5) is 0 Å². The van der Waals surface area contributed by atoms with Crippen LogP contribution in [0, 0.1) is 0 Å². The molecule has 2 aromatic carbocycles. The molecule has 1 heterocycles. The van der Waals surface area contributed by atoms with Gasteiger partial charge < -0.3 is 15.4 Å². The summed E-state index contributed by atoms with van der Waals surface area (Å²) in [5.41, 5.74) is 8.86. The van der Waals surface area contributed by atoms with Crippen LogP contribution in [0.15, 0.2) is 54.6 Å². The molecule has 0 spiro atoms. The lowest BCUT2D eigenvalue weighted by atomic mass is 9.88. The third-order valence-corrected chi connectivity index (χ3v) is 5.08. The quantitative estimate of drug-likeness (QED) is 0.825. The minimum absolute atomic E-state index is 0.148. The number of benzene rings is 2. The zero-order valence-electron chi connectivity index (χ0n) is 15.6. The van der Waals surface area contributed by atoms with Crippen LogP contribution in [-0.4, -0.2) is 29.9 Å². The normalized spacial score (nSPS) is 16.0. The van der Waals surface area contributed by atoms with E-state index in [1.54, 1.807) is 0 Å². The number of hydrogen-bond acceptors (Lipinski definition) is 4. The Kier molecular flexibility index (Phi) is 6.24. The molecule has 142 valence electrons. The van der Waals surface area contributed by atoms with Crippen molar-refractivity contribution in [2.45, 2.75) is 38.3 Å². The zero-order chi connectivity index (χ0) is 19.2. The van der Waals surface area contributed by atoms with Crippen molar-refractivity contribution < 1.29 is 14.3 Å². The van der Waals surface area contributed by atoms with Gasteiger partial charge in [0.05, 0.1) is 0 Å². The monoisotopic (exact) mass is 366 g/mol. The van der Waals surface area contributed by atoms with E-state index in [1.807, 2.05) is 47.4 Å². The van der Waals surface area contributed by atoms with Crippen LogP contribution in [-0.2, 0) is 20.9 Å². The SMILES string of the molecule is CC(=O)OC(C(=O)N1CCC(c2cccc(CN)c2)CC1)c1ccccc1. The van der Waals surface area contributed by atoms with Gasteiger partial charge in [-0.2, -0.15) is 0 Å². The van der Waals surface area contributed by atoms with Crippen molar-refractivity contribution in [1.82, 2.24) is 4.90 Å². The van der Waals surface area contributed by atoms with Gasteiger partial charge in [-0.15, -0.1) is 0 Å². The van der Waals surface area contributed by atoms with Crippen LogP contribution in [0.25, 0.3) is 0 Å². The summed E-state index contributed by atoms with van der Waals surface area (Å²) in [6.45, 7) is 3.17. The van der Waals surface area contributed by atoms with Gasteiger partial charge in [0.2, 0.25) is 6.10 Å². The number of nitrogens with zero attached hydrogens (tertiary/aromatic N) is 1. The maximum absolute atomic E-state index is 13.0. The number of piperidine rings is 1. The number of carbonyl (C=O) groups excluding carboxylic acids is 2. The van der Waals surface area contributed by atoms with Crippen molar-refractivity contribution in [2.24, 2.45) is 5.73 Å². The van der Waals surface area contributed by atoms with E-state index in [1.165, 1.54) is 12.5 Å². The van der Waals surface area contributed by atoms with Crippen molar-refractivity contribution in [1.29, 1.82) is 0 Å². The maximum Gasteiger partial charge on any atom is 0.303 e. The maximum atomic E-state index is 13.0. The molecule has 1 fully saturated rings. The van der Waals surface area contributed by atoms with Gasteiger partial charge in [-0.05, 0) is 29.9 Å². The third-order valence-electron chi connectivity index (χ3n) is 5.08. The van der Waals surface area contributed by atoms with Crippen molar-refractivity contribution >= 4 is 11.9 Å².